The third-order valence-corrected chi connectivity index (χ3v) is 4.93. The molecular formula is C10H11BrClN3S. The normalized spacial score (nSPS) is 13.1. The van der Waals surface area contributed by atoms with Gasteiger partial charge in [0.15, 0.2) is 0 Å². The summed E-state index contributed by atoms with van der Waals surface area (Å²) in [5.41, 5.74) is 8.22. The third kappa shape index (κ3) is 2.05. The highest BCUT2D eigenvalue weighted by molar-refractivity contribution is 9.11. The number of nitrogens with zero attached hydrogens (tertiary/aromatic N) is 2. The van der Waals surface area contributed by atoms with Crippen LogP contribution in [-0.4, -0.2) is 9.78 Å². The first-order chi connectivity index (χ1) is 7.50. The molecule has 0 radical (unpaired) electrons. The summed E-state index contributed by atoms with van der Waals surface area (Å²) in [5.74, 6) is 0. The lowest BCUT2D eigenvalue weighted by molar-refractivity contribution is 0.678. The number of aryl methyl sites for hydroxylation is 2. The van der Waals surface area contributed by atoms with Crippen molar-refractivity contribution in [3.8, 4) is 0 Å². The van der Waals surface area contributed by atoms with Gasteiger partial charge in [-0.25, -0.2) is 0 Å². The van der Waals surface area contributed by atoms with Crippen LogP contribution in [0.5, 0.6) is 0 Å². The second-order valence-corrected chi connectivity index (χ2v) is 6.39. The van der Waals surface area contributed by atoms with Crippen molar-refractivity contribution in [1.82, 2.24) is 9.78 Å². The monoisotopic (exact) mass is 319 g/mol. The van der Waals surface area contributed by atoms with E-state index in [2.05, 4.69) is 27.1 Å². The van der Waals surface area contributed by atoms with Crippen LogP contribution in [0.1, 0.15) is 22.2 Å². The summed E-state index contributed by atoms with van der Waals surface area (Å²) in [6.45, 7) is 2.04. The standard InChI is InChI=1S/C10H11BrClN3S/c1-5-3-7(16-10(5)11)8(13)9-6(12)4-14-15(9)2/h3-4,8H,13H2,1-2H3. The second kappa shape index (κ2) is 4.49. The number of nitrogens with two attached hydrogens (primary N) is 1. The van der Waals surface area contributed by atoms with Crippen LogP contribution in [-0.2, 0) is 7.05 Å². The molecule has 2 N–H and O–H groups in total. The first kappa shape index (κ1) is 12.1. The van der Waals surface area contributed by atoms with Crippen molar-refractivity contribution in [2.45, 2.75) is 13.0 Å². The molecule has 0 aliphatic heterocycles. The molecule has 2 aromatic rings. The number of thiophene rings is 1. The molecule has 2 heterocycles. The van der Waals surface area contributed by atoms with Crippen molar-refractivity contribution in [1.29, 1.82) is 0 Å². The largest absolute Gasteiger partial charge is 0.318 e. The van der Waals surface area contributed by atoms with E-state index in [1.54, 1.807) is 22.2 Å². The van der Waals surface area contributed by atoms with Crippen LogP contribution >= 0.6 is 38.9 Å². The van der Waals surface area contributed by atoms with Crippen molar-refractivity contribution in [2.75, 3.05) is 0 Å². The van der Waals surface area contributed by atoms with E-state index in [4.69, 9.17) is 17.3 Å². The Labute approximate surface area is 111 Å². The maximum atomic E-state index is 6.19. The Balaban J connectivity index is 2.42. The Bertz CT molecular complexity index is 481. The SMILES string of the molecule is Cc1cc(C(N)c2c(Cl)cnn2C)sc1Br. The van der Waals surface area contributed by atoms with Crippen LogP contribution in [0, 0.1) is 6.92 Å². The topological polar surface area (TPSA) is 43.8 Å². The first-order valence-electron chi connectivity index (χ1n) is 4.69. The van der Waals surface area contributed by atoms with Crippen LogP contribution in [0.15, 0.2) is 16.0 Å². The molecule has 6 heteroatoms. The lowest BCUT2D eigenvalue weighted by atomic mass is 10.1. The molecule has 0 saturated carbocycles. The van der Waals surface area contributed by atoms with E-state index in [0.717, 1.165) is 14.4 Å². The van der Waals surface area contributed by atoms with E-state index in [-0.39, 0.29) is 6.04 Å². The summed E-state index contributed by atoms with van der Waals surface area (Å²) in [4.78, 5) is 1.08. The highest BCUT2D eigenvalue weighted by Crippen LogP contribution is 2.34. The molecule has 2 rings (SSSR count). The second-order valence-electron chi connectivity index (χ2n) is 3.58. The van der Waals surface area contributed by atoms with E-state index >= 15 is 0 Å². The molecule has 3 nitrogen and oxygen atoms in total. The predicted octanol–water partition coefficient (Wildman–Crippen LogP) is 3.25. The van der Waals surface area contributed by atoms with Gasteiger partial charge in [-0.3, -0.25) is 4.68 Å². The molecule has 86 valence electrons. The van der Waals surface area contributed by atoms with Gasteiger partial charge in [0.05, 0.1) is 26.7 Å². The number of aromatic nitrogens is 2. The van der Waals surface area contributed by atoms with Crippen molar-refractivity contribution in [2.24, 2.45) is 12.8 Å². The smallest absolute Gasteiger partial charge is 0.0837 e. The van der Waals surface area contributed by atoms with Gasteiger partial charge in [0, 0.05) is 11.9 Å². The zero-order valence-electron chi connectivity index (χ0n) is 8.87. The Hall–Kier alpha value is -0.360. The number of rotatable bonds is 2. The van der Waals surface area contributed by atoms with Crippen molar-refractivity contribution in [3.63, 3.8) is 0 Å². The van der Waals surface area contributed by atoms with E-state index in [1.165, 1.54) is 5.56 Å². The van der Waals surface area contributed by atoms with Crippen molar-refractivity contribution >= 4 is 38.9 Å². The van der Waals surface area contributed by atoms with Gasteiger partial charge in [0.1, 0.15) is 0 Å². The average molecular weight is 321 g/mol. The minimum Gasteiger partial charge on any atom is -0.318 e. The molecule has 0 fully saturated rings. The quantitative estimate of drug-likeness (QED) is 0.923. The molecule has 0 amide bonds. The number of halogens is 2. The molecule has 0 spiro atoms. The zero-order valence-corrected chi connectivity index (χ0v) is 12.0. The molecule has 0 aliphatic carbocycles. The predicted molar refractivity (Wildman–Crippen MR) is 71.0 cm³/mol. The summed E-state index contributed by atoms with van der Waals surface area (Å²) < 4.78 is 2.83. The summed E-state index contributed by atoms with van der Waals surface area (Å²) >= 11 is 11.2. The first-order valence-corrected chi connectivity index (χ1v) is 6.68. The fourth-order valence-electron chi connectivity index (χ4n) is 1.54. The Morgan fingerprint density at radius 2 is 2.31 bits per heavy atom. The lowest BCUT2D eigenvalue weighted by Crippen LogP contribution is -2.15. The molecule has 0 bridgehead atoms. The van der Waals surface area contributed by atoms with Crippen LogP contribution in [0.2, 0.25) is 5.02 Å². The third-order valence-electron chi connectivity index (χ3n) is 2.41. The molecule has 2 aromatic heterocycles. The van der Waals surface area contributed by atoms with Gasteiger partial charge in [-0.05, 0) is 34.5 Å². The summed E-state index contributed by atoms with van der Waals surface area (Å²) in [5, 5.41) is 4.70. The van der Waals surface area contributed by atoms with Crippen LogP contribution in [0.25, 0.3) is 0 Å². The summed E-state index contributed by atoms with van der Waals surface area (Å²) in [7, 11) is 1.84. The average Bonchev–Trinajstić information content (AvgIpc) is 2.72. The lowest BCUT2D eigenvalue weighted by Gasteiger charge is -2.10. The minimum absolute atomic E-state index is 0.227. The summed E-state index contributed by atoms with van der Waals surface area (Å²) in [6, 6.07) is 1.85. The van der Waals surface area contributed by atoms with E-state index in [0.29, 0.717) is 5.02 Å². The molecule has 0 aliphatic rings. The van der Waals surface area contributed by atoms with E-state index in [1.807, 2.05) is 14.0 Å². The van der Waals surface area contributed by atoms with Gasteiger partial charge in [0.25, 0.3) is 0 Å². The molecule has 1 unspecified atom stereocenters. The summed E-state index contributed by atoms with van der Waals surface area (Å²) in [6.07, 6.45) is 1.62. The molecule has 16 heavy (non-hydrogen) atoms. The maximum absolute atomic E-state index is 6.19. The van der Waals surface area contributed by atoms with Crippen molar-refractivity contribution < 1.29 is 0 Å². The zero-order chi connectivity index (χ0) is 11.9. The van der Waals surface area contributed by atoms with Gasteiger partial charge in [-0.2, -0.15) is 5.10 Å². The van der Waals surface area contributed by atoms with Gasteiger partial charge < -0.3 is 5.73 Å². The van der Waals surface area contributed by atoms with Gasteiger partial charge in [-0.15, -0.1) is 11.3 Å². The Morgan fingerprint density at radius 3 is 2.75 bits per heavy atom. The van der Waals surface area contributed by atoms with Gasteiger partial charge in [0.2, 0.25) is 0 Å². The Kier molecular flexibility index (Phi) is 3.39. The van der Waals surface area contributed by atoms with E-state index in [9.17, 15) is 0 Å². The highest BCUT2D eigenvalue weighted by atomic mass is 79.9. The fraction of sp³-hybridized carbons (Fsp3) is 0.300. The van der Waals surface area contributed by atoms with Crippen molar-refractivity contribution in [3.05, 3.63) is 37.2 Å². The fourth-order valence-corrected chi connectivity index (χ4v) is 3.40. The maximum Gasteiger partial charge on any atom is 0.0837 e. The number of hydrogen-bond donors (Lipinski definition) is 1. The number of hydrogen-bond acceptors (Lipinski definition) is 3. The molecular weight excluding hydrogens is 310 g/mol. The minimum atomic E-state index is -0.227. The van der Waals surface area contributed by atoms with E-state index < -0.39 is 0 Å². The van der Waals surface area contributed by atoms with Gasteiger partial charge in [-0.1, -0.05) is 11.6 Å². The van der Waals surface area contributed by atoms with Crippen LogP contribution in [0.4, 0.5) is 0 Å². The van der Waals surface area contributed by atoms with Crippen LogP contribution < -0.4 is 5.73 Å². The molecule has 0 aromatic carbocycles. The van der Waals surface area contributed by atoms with Gasteiger partial charge >= 0.3 is 0 Å². The van der Waals surface area contributed by atoms with Crippen LogP contribution in [0.3, 0.4) is 0 Å². The Morgan fingerprint density at radius 1 is 1.62 bits per heavy atom. The molecule has 1 atom stereocenters. The highest BCUT2D eigenvalue weighted by Gasteiger charge is 2.19. The molecule has 0 saturated heterocycles.